The normalized spacial score (nSPS) is 11.4. The van der Waals surface area contributed by atoms with E-state index in [-0.39, 0.29) is 16.9 Å². The molecule has 0 saturated heterocycles. The third kappa shape index (κ3) is 2.23. The van der Waals surface area contributed by atoms with E-state index >= 15 is 0 Å². The number of aromatic hydroxyl groups is 1. The molecule has 17 heavy (non-hydrogen) atoms. The van der Waals surface area contributed by atoms with E-state index in [1.54, 1.807) is 30.3 Å². The standard InChI is InChI=1S/C14H14O3/c1-2-3-4-9-12-14(16)13(15)10-7-5-6-8-11(10)17-12/h4-9,16H,2-3H2,1H3. The quantitative estimate of drug-likeness (QED) is 0.880. The van der Waals surface area contributed by atoms with Gasteiger partial charge in [0, 0.05) is 0 Å². The summed E-state index contributed by atoms with van der Waals surface area (Å²) >= 11 is 0. The van der Waals surface area contributed by atoms with Crippen LogP contribution in [0.3, 0.4) is 0 Å². The number of allylic oxidation sites excluding steroid dienone is 1. The lowest BCUT2D eigenvalue weighted by Crippen LogP contribution is -2.02. The monoisotopic (exact) mass is 230 g/mol. The molecule has 0 bridgehead atoms. The summed E-state index contributed by atoms with van der Waals surface area (Å²) in [6.07, 6.45) is 5.42. The number of benzene rings is 1. The molecule has 0 aliphatic heterocycles. The third-order valence-corrected chi connectivity index (χ3v) is 2.52. The Bertz CT molecular complexity index is 608. The molecule has 0 radical (unpaired) electrons. The van der Waals surface area contributed by atoms with Gasteiger partial charge in [-0.15, -0.1) is 0 Å². The second-order valence-corrected chi connectivity index (χ2v) is 3.83. The Kier molecular flexibility index (Phi) is 3.28. The lowest BCUT2D eigenvalue weighted by atomic mass is 10.2. The Hall–Kier alpha value is -2.03. The zero-order chi connectivity index (χ0) is 12.3. The van der Waals surface area contributed by atoms with Crippen molar-refractivity contribution in [1.29, 1.82) is 0 Å². The molecule has 0 spiro atoms. The predicted molar refractivity (Wildman–Crippen MR) is 68.1 cm³/mol. The molecular formula is C14H14O3. The molecule has 0 aliphatic rings. The topological polar surface area (TPSA) is 50.4 Å². The van der Waals surface area contributed by atoms with Gasteiger partial charge < -0.3 is 9.52 Å². The van der Waals surface area contributed by atoms with Crippen molar-refractivity contribution >= 4 is 17.0 Å². The first-order valence-electron chi connectivity index (χ1n) is 5.65. The highest BCUT2D eigenvalue weighted by atomic mass is 16.4. The van der Waals surface area contributed by atoms with Gasteiger partial charge >= 0.3 is 0 Å². The first-order valence-corrected chi connectivity index (χ1v) is 5.65. The molecule has 3 nitrogen and oxygen atoms in total. The third-order valence-electron chi connectivity index (χ3n) is 2.52. The number of rotatable bonds is 3. The molecule has 1 N–H and O–H groups in total. The Balaban J connectivity index is 2.58. The van der Waals surface area contributed by atoms with Crippen molar-refractivity contribution < 1.29 is 9.52 Å². The van der Waals surface area contributed by atoms with E-state index in [4.69, 9.17) is 4.42 Å². The summed E-state index contributed by atoms with van der Waals surface area (Å²) in [6, 6.07) is 6.89. The van der Waals surface area contributed by atoms with Crippen LogP contribution in [0.5, 0.6) is 5.75 Å². The van der Waals surface area contributed by atoms with Crippen molar-refractivity contribution in [2.45, 2.75) is 19.8 Å². The first-order chi connectivity index (χ1) is 8.24. The Morgan fingerprint density at radius 2 is 2.12 bits per heavy atom. The van der Waals surface area contributed by atoms with Crippen molar-refractivity contribution in [1.82, 2.24) is 0 Å². The van der Waals surface area contributed by atoms with Crippen LogP contribution in [0.1, 0.15) is 25.5 Å². The second kappa shape index (κ2) is 4.87. The number of para-hydroxylation sites is 1. The number of unbranched alkanes of at least 4 members (excludes halogenated alkanes) is 1. The number of fused-ring (bicyclic) bond motifs is 1. The molecule has 3 heteroatoms. The van der Waals surface area contributed by atoms with Crippen molar-refractivity contribution in [2.75, 3.05) is 0 Å². The average Bonchev–Trinajstić information content (AvgIpc) is 2.35. The molecular weight excluding hydrogens is 216 g/mol. The van der Waals surface area contributed by atoms with E-state index in [1.807, 2.05) is 6.08 Å². The molecule has 0 atom stereocenters. The van der Waals surface area contributed by atoms with Gasteiger partial charge in [0.05, 0.1) is 5.39 Å². The maximum Gasteiger partial charge on any atom is 0.235 e. The predicted octanol–water partition coefficient (Wildman–Crippen LogP) is 3.31. The van der Waals surface area contributed by atoms with Crippen LogP contribution < -0.4 is 5.43 Å². The Morgan fingerprint density at radius 3 is 2.88 bits per heavy atom. The molecule has 0 amide bonds. The molecule has 1 aromatic heterocycles. The Morgan fingerprint density at radius 1 is 1.35 bits per heavy atom. The maximum atomic E-state index is 11.8. The highest BCUT2D eigenvalue weighted by Gasteiger charge is 2.10. The fraction of sp³-hybridized carbons (Fsp3) is 0.214. The van der Waals surface area contributed by atoms with Gasteiger partial charge in [-0.1, -0.05) is 31.6 Å². The fourth-order valence-electron chi connectivity index (χ4n) is 1.62. The minimum atomic E-state index is -0.386. The largest absolute Gasteiger partial charge is 0.502 e. The molecule has 88 valence electrons. The fourth-order valence-corrected chi connectivity index (χ4v) is 1.62. The summed E-state index contributed by atoms with van der Waals surface area (Å²) in [4.78, 5) is 11.8. The van der Waals surface area contributed by atoms with Gasteiger partial charge in [-0.05, 0) is 24.6 Å². The molecule has 2 aromatic rings. The molecule has 0 aliphatic carbocycles. The molecule has 1 heterocycles. The van der Waals surface area contributed by atoms with E-state index < -0.39 is 0 Å². The zero-order valence-corrected chi connectivity index (χ0v) is 9.64. The van der Waals surface area contributed by atoms with Gasteiger partial charge in [0.1, 0.15) is 5.58 Å². The van der Waals surface area contributed by atoms with E-state index in [0.717, 1.165) is 12.8 Å². The molecule has 1 aromatic carbocycles. The van der Waals surface area contributed by atoms with E-state index in [0.29, 0.717) is 11.0 Å². The molecule has 2 rings (SSSR count). The molecule has 0 unspecified atom stereocenters. The van der Waals surface area contributed by atoms with Gasteiger partial charge in [-0.25, -0.2) is 0 Å². The minimum Gasteiger partial charge on any atom is -0.502 e. The highest BCUT2D eigenvalue weighted by molar-refractivity contribution is 5.79. The van der Waals surface area contributed by atoms with Gasteiger partial charge in [-0.3, -0.25) is 4.79 Å². The maximum absolute atomic E-state index is 11.8. The summed E-state index contributed by atoms with van der Waals surface area (Å²) in [7, 11) is 0. The molecule has 0 saturated carbocycles. The minimum absolute atomic E-state index is 0.224. The average molecular weight is 230 g/mol. The smallest absolute Gasteiger partial charge is 0.235 e. The summed E-state index contributed by atoms with van der Waals surface area (Å²) in [6.45, 7) is 2.06. The van der Waals surface area contributed by atoms with Crippen molar-refractivity contribution in [3.8, 4) is 5.75 Å². The highest BCUT2D eigenvalue weighted by Crippen LogP contribution is 2.20. The first kappa shape index (κ1) is 11.5. The summed E-state index contributed by atoms with van der Waals surface area (Å²) in [5, 5.41) is 10.1. The van der Waals surface area contributed by atoms with Crippen LogP contribution in [0.15, 0.2) is 39.6 Å². The van der Waals surface area contributed by atoms with Gasteiger partial charge in [0.15, 0.2) is 5.76 Å². The number of hydrogen-bond acceptors (Lipinski definition) is 3. The zero-order valence-electron chi connectivity index (χ0n) is 9.64. The van der Waals surface area contributed by atoms with Gasteiger partial charge in [0.25, 0.3) is 0 Å². The van der Waals surface area contributed by atoms with Gasteiger partial charge in [-0.2, -0.15) is 0 Å². The Labute approximate surface area is 99.0 Å². The van der Waals surface area contributed by atoms with Crippen LogP contribution in [0.25, 0.3) is 17.0 Å². The van der Waals surface area contributed by atoms with Crippen molar-refractivity contribution in [3.63, 3.8) is 0 Å². The van der Waals surface area contributed by atoms with Crippen LogP contribution >= 0.6 is 0 Å². The summed E-state index contributed by atoms with van der Waals surface area (Å²) in [5.41, 5.74) is 0.106. The number of hydrogen-bond donors (Lipinski definition) is 1. The van der Waals surface area contributed by atoms with E-state index in [1.165, 1.54) is 0 Å². The van der Waals surface area contributed by atoms with Crippen LogP contribution in [-0.2, 0) is 0 Å². The van der Waals surface area contributed by atoms with Crippen molar-refractivity contribution in [3.05, 3.63) is 46.3 Å². The lowest BCUT2D eigenvalue weighted by molar-refractivity contribution is 0.437. The second-order valence-electron chi connectivity index (χ2n) is 3.83. The molecule has 0 fully saturated rings. The summed E-state index contributed by atoms with van der Waals surface area (Å²) < 4.78 is 5.48. The van der Waals surface area contributed by atoms with Crippen LogP contribution in [0.4, 0.5) is 0 Å². The summed E-state index contributed by atoms with van der Waals surface area (Å²) in [5.74, 6) is -0.0989. The van der Waals surface area contributed by atoms with E-state index in [9.17, 15) is 9.90 Å². The van der Waals surface area contributed by atoms with Crippen LogP contribution in [-0.4, -0.2) is 5.11 Å². The van der Waals surface area contributed by atoms with E-state index in [2.05, 4.69) is 6.92 Å². The van der Waals surface area contributed by atoms with Crippen LogP contribution in [0, 0.1) is 0 Å². The van der Waals surface area contributed by atoms with Gasteiger partial charge in [0.2, 0.25) is 11.2 Å². The lowest BCUT2D eigenvalue weighted by Gasteiger charge is -2.01. The van der Waals surface area contributed by atoms with Crippen LogP contribution in [0.2, 0.25) is 0 Å². The van der Waals surface area contributed by atoms with Crippen molar-refractivity contribution in [2.24, 2.45) is 0 Å². The SMILES string of the molecule is CCCC=Cc1oc2ccccc2c(=O)c1O.